The van der Waals surface area contributed by atoms with E-state index in [1.54, 1.807) is 47.0 Å². The number of methoxy groups -OCH3 is 1. The number of aromatic nitrogens is 1. The lowest BCUT2D eigenvalue weighted by molar-refractivity contribution is -0.141. The Labute approximate surface area is 165 Å². The molecule has 0 N–H and O–H groups in total. The van der Waals surface area contributed by atoms with Crippen molar-refractivity contribution in [2.75, 3.05) is 12.9 Å². The first-order valence-corrected chi connectivity index (χ1v) is 11.0. The molecule has 0 saturated heterocycles. The summed E-state index contributed by atoms with van der Waals surface area (Å²) in [5.41, 5.74) is 1.33. The number of ether oxygens (including phenoxy) is 1. The lowest BCUT2D eigenvalue weighted by Crippen LogP contribution is -2.24. The van der Waals surface area contributed by atoms with Gasteiger partial charge in [0.15, 0.2) is 14.6 Å². The number of nitrogens with zero attached hydrogens (tertiary/aromatic N) is 2. The summed E-state index contributed by atoms with van der Waals surface area (Å²) in [5.74, 6) is -2.20. The minimum atomic E-state index is -3.66. The molecule has 28 heavy (non-hydrogen) atoms. The number of hydrogen-bond donors (Lipinski definition) is 0. The molecule has 0 aliphatic heterocycles. The van der Waals surface area contributed by atoms with Gasteiger partial charge in [-0.1, -0.05) is 53.8 Å². The van der Waals surface area contributed by atoms with E-state index in [2.05, 4.69) is 4.99 Å². The molecule has 146 valence electrons. The van der Waals surface area contributed by atoms with Crippen LogP contribution in [0.4, 0.5) is 0 Å². The molecule has 0 bridgehead atoms. The van der Waals surface area contributed by atoms with Crippen molar-refractivity contribution in [3.05, 3.63) is 65.0 Å². The van der Waals surface area contributed by atoms with Crippen molar-refractivity contribution in [2.45, 2.75) is 12.3 Å². The van der Waals surface area contributed by atoms with Gasteiger partial charge in [0, 0.05) is 0 Å². The third kappa shape index (κ3) is 4.93. The van der Waals surface area contributed by atoms with Crippen molar-refractivity contribution < 1.29 is 22.7 Å². The third-order valence-electron chi connectivity index (χ3n) is 3.90. The van der Waals surface area contributed by atoms with Crippen LogP contribution in [-0.2, 0) is 36.5 Å². The van der Waals surface area contributed by atoms with Crippen LogP contribution in [-0.4, -0.2) is 37.7 Å². The van der Waals surface area contributed by atoms with Crippen LogP contribution in [0.25, 0.3) is 10.2 Å². The van der Waals surface area contributed by atoms with Crippen LogP contribution in [0.5, 0.6) is 0 Å². The quantitative estimate of drug-likeness (QED) is 0.570. The fourth-order valence-electron chi connectivity index (χ4n) is 2.66. The number of thiazole rings is 1. The summed E-state index contributed by atoms with van der Waals surface area (Å²) in [7, 11) is -2.39. The van der Waals surface area contributed by atoms with Gasteiger partial charge in [0.25, 0.3) is 5.91 Å². The predicted octanol–water partition coefficient (Wildman–Crippen LogP) is 1.92. The zero-order chi connectivity index (χ0) is 20.1. The lowest BCUT2D eigenvalue weighted by atomic mass is 10.2. The molecule has 0 aliphatic rings. The van der Waals surface area contributed by atoms with Crippen LogP contribution >= 0.6 is 11.3 Å². The average Bonchev–Trinajstić information content (AvgIpc) is 2.98. The van der Waals surface area contributed by atoms with E-state index in [1.807, 2.05) is 12.1 Å². The zero-order valence-electron chi connectivity index (χ0n) is 15.1. The number of rotatable bonds is 6. The van der Waals surface area contributed by atoms with Crippen LogP contribution < -0.4 is 4.80 Å². The minimum Gasteiger partial charge on any atom is -0.468 e. The molecule has 1 amide bonds. The standard InChI is InChI=1S/C19H18N2O5S2/c1-26-18(23)11-21-15-9-5-6-10-16(15)27-19(21)20-17(22)13-28(24,25)12-14-7-3-2-4-8-14/h2-10H,11-13H2,1H3. The van der Waals surface area contributed by atoms with Crippen molar-refractivity contribution in [2.24, 2.45) is 4.99 Å². The van der Waals surface area contributed by atoms with Gasteiger partial charge in [0.05, 0.1) is 23.1 Å². The Hall–Kier alpha value is -2.78. The van der Waals surface area contributed by atoms with E-state index in [4.69, 9.17) is 4.74 Å². The highest BCUT2D eigenvalue weighted by Gasteiger charge is 2.18. The van der Waals surface area contributed by atoms with E-state index in [1.165, 1.54) is 18.4 Å². The second-order valence-corrected chi connectivity index (χ2v) is 9.11. The van der Waals surface area contributed by atoms with E-state index < -0.39 is 27.5 Å². The van der Waals surface area contributed by atoms with Gasteiger partial charge in [-0.3, -0.25) is 9.59 Å². The Balaban J connectivity index is 1.90. The highest BCUT2D eigenvalue weighted by molar-refractivity contribution is 7.91. The van der Waals surface area contributed by atoms with Gasteiger partial charge in [-0.05, 0) is 17.7 Å². The summed E-state index contributed by atoms with van der Waals surface area (Å²) in [6, 6.07) is 15.9. The van der Waals surface area contributed by atoms with Crippen molar-refractivity contribution in [1.82, 2.24) is 4.57 Å². The normalized spacial score (nSPS) is 12.2. The molecule has 7 nitrogen and oxygen atoms in total. The molecule has 1 heterocycles. The SMILES string of the molecule is COC(=O)Cn1c(=NC(=O)CS(=O)(=O)Cc2ccccc2)sc2ccccc21. The number of fused-ring (bicyclic) bond motifs is 1. The van der Waals surface area contributed by atoms with E-state index in [0.29, 0.717) is 5.56 Å². The van der Waals surface area contributed by atoms with Crippen molar-refractivity contribution in [3.8, 4) is 0 Å². The van der Waals surface area contributed by atoms with Crippen LogP contribution in [0.15, 0.2) is 59.6 Å². The maximum Gasteiger partial charge on any atom is 0.325 e. The number of amides is 1. The molecule has 0 saturated carbocycles. The van der Waals surface area contributed by atoms with E-state index in [-0.39, 0.29) is 17.1 Å². The first kappa shape index (κ1) is 20.0. The Morgan fingerprint density at radius 1 is 1.07 bits per heavy atom. The molecule has 0 aliphatic carbocycles. The zero-order valence-corrected chi connectivity index (χ0v) is 16.7. The molecule has 1 aromatic heterocycles. The second-order valence-electron chi connectivity index (χ2n) is 6.04. The lowest BCUT2D eigenvalue weighted by Gasteiger charge is -2.04. The Morgan fingerprint density at radius 3 is 2.46 bits per heavy atom. The first-order chi connectivity index (χ1) is 13.4. The molecule has 0 atom stereocenters. The van der Waals surface area contributed by atoms with Crippen LogP contribution in [0.3, 0.4) is 0 Å². The highest BCUT2D eigenvalue weighted by Crippen LogP contribution is 2.16. The van der Waals surface area contributed by atoms with E-state index >= 15 is 0 Å². The average molecular weight is 418 g/mol. The number of esters is 1. The first-order valence-electron chi connectivity index (χ1n) is 8.35. The summed E-state index contributed by atoms with van der Waals surface area (Å²) < 4.78 is 31.7. The molecule has 0 spiro atoms. The van der Waals surface area contributed by atoms with Gasteiger partial charge >= 0.3 is 5.97 Å². The van der Waals surface area contributed by atoms with E-state index in [9.17, 15) is 18.0 Å². The summed E-state index contributed by atoms with van der Waals surface area (Å²) in [4.78, 5) is 28.3. The summed E-state index contributed by atoms with van der Waals surface area (Å²) in [5, 5.41) is 0. The third-order valence-corrected chi connectivity index (χ3v) is 6.42. The molecule has 0 fully saturated rings. The number of hydrogen-bond acceptors (Lipinski definition) is 6. The highest BCUT2D eigenvalue weighted by atomic mass is 32.2. The van der Waals surface area contributed by atoms with Gasteiger partial charge in [0.1, 0.15) is 12.3 Å². The molecule has 3 aromatic rings. The van der Waals surface area contributed by atoms with Gasteiger partial charge in [-0.2, -0.15) is 4.99 Å². The van der Waals surface area contributed by atoms with Gasteiger partial charge in [0.2, 0.25) is 0 Å². The largest absolute Gasteiger partial charge is 0.468 e. The second kappa shape index (κ2) is 8.49. The number of benzene rings is 2. The van der Waals surface area contributed by atoms with E-state index in [0.717, 1.165) is 10.2 Å². The maximum atomic E-state index is 12.3. The Bertz CT molecular complexity index is 1180. The molecule has 3 rings (SSSR count). The Morgan fingerprint density at radius 2 is 1.75 bits per heavy atom. The topological polar surface area (TPSA) is 94.8 Å². The molecule has 0 unspecified atom stereocenters. The number of para-hydroxylation sites is 1. The van der Waals surface area contributed by atoms with Crippen LogP contribution in [0, 0.1) is 0 Å². The number of carbonyl (C=O) groups excluding carboxylic acids is 2. The van der Waals surface area contributed by atoms with Gasteiger partial charge < -0.3 is 9.30 Å². The van der Waals surface area contributed by atoms with Crippen molar-refractivity contribution >= 4 is 43.3 Å². The maximum absolute atomic E-state index is 12.3. The fourth-order valence-corrected chi connectivity index (χ4v) is 4.95. The number of carbonyl (C=O) groups is 2. The molecule has 0 radical (unpaired) electrons. The van der Waals surface area contributed by atoms with Crippen LogP contribution in [0.2, 0.25) is 0 Å². The predicted molar refractivity (Wildman–Crippen MR) is 106 cm³/mol. The molecular formula is C19H18N2O5S2. The van der Waals surface area contributed by atoms with Gasteiger partial charge in [-0.15, -0.1) is 0 Å². The van der Waals surface area contributed by atoms with Crippen molar-refractivity contribution in [3.63, 3.8) is 0 Å². The van der Waals surface area contributed by atoms with Crippen LogP contribution in [0.1, 0.15) is 5.56 Å². The molecule has 2 aromatic carbocycles. The summed E-state index contributed by atoms with van der Waals surface area (Å²) >= 11 is 1.21. The van der Waals surface area contributed by atoms with Gasteiger partial charge in [-0.25, -0.2) is 8.42 Å². The smallest absolute Gasteiger partial charge is 0.325 e. The Kier molecular flexibility index (Phi) is 6.05. The molecule has 9 heteroatoms. The summed E-state index contributed by atoms with van der Waals surface area (Å²) in [6.07, 6.45) is 0. The summed E-state index contributed by atoms with van der Waals surface area (Å²) in [6.45, 7) is -0.122. The fraction of sp³-hybridized carbons (Fsp3) is 0.211. The van der Waals surface area contributed by atoms with Crippen molar-refractivity contribution in [1.29, 1.82) is 0 Å². The number of sulfone groups is 1. The molecular weight excluding hydrogens is 400 g/mol. The monoisotopic (exact) mass is 418 g/mol. The minimum absolute atomic E-state index is 0.122.